The molecule has 2 heterocycles. The van der Waals surface area contributed by atoms with Crippen molar-refractivity contribution in [1.82, 2.24) is 20.2 Å². The molecule has 0 unspecified atom stereocenters. The van der Waals surface area contributed by atoms with Crippen molar-refractivity contribution in [2.24, 2.45) is 0 Å². The van der Waals surface area contributed by atoms with Crippen LogP contribution in [0, 0.1) is 0 Å². The van der Waals surface area contributed by atoms with Crippen LogP contribution in [0.3, 0.4) is 0 Å². The van der Waals surface area contributed by atoms with Crippen molar-refractivity contribution in [3.8, 4) is 0 Å². The highest BCUT2D eigenvalue weighted by molar-refractivity contribution is 9.10. The molecular weight excluding hydrogens is 362 g/mol. The number of thiocarbonyl (C=S) groups is 1. The topological polar surface area (TPSA) is 44.3 Å². The van der Waals surface area contributed by atoms with Gasteiger partial charge in [-0.05, 0) is 41.0 Å². The lowest BCUT2D eigenvalue weighted by molar-refractivity contribution is 0.353. The minimum Gasteiger partial charge on any atom is -0.360 e. The summed E-state index contributed by atoms with van der Waals surface area (Å²) in [4.78, 5) is 13.2. The first-order chi connectivity index (χ1) is 10.7. The highest BCUT2D eigenvalue weighted by Crippen LogP contribution is 2.18. The second-order valence-corrected chi connectivity index (χ2v) is 7.26. The first kappa shape index (κ1) is 15.9. The molecule has 22 heavy (non-hydrogen) atoms. The van der Waals surface area contributed by atoms with Crippen molar-refractivity contribution in [3.05, 3.63) is 16.9 Å². The van der Waals surface area contributed by atoms with Crippen LogP contribution in [0.5, 0.6) is 0 Å². The zero-order chi connectivity index (χ0) is 15.4. The molecule has 1 saturated carbocycles. The van der Waals surface area contributed by atoms with Crippen LogP contribution in [-0.2, 0) is 0 Å². The molecule has 2 aliphatic rings. The minimum atomic E-state index is 0.578. The summed E-state index contributed by atoms with van der Waals surface area (Å²) in [5.74, 6) is 0.800. The quantitative estimate of drug-likeness (QED) is 0.791. The van der Waals surface area contributed by atoms with E-state index in [1.807, 2.05) is 0 Å². The third kappa shape index (κ3) is 4.07. The molecule has 120 valence electrons. The predicted molar refractivity (Wildman–Crippen MR) is 96.1 cm³/mol. The number of rotatable bonds is 2. The van der Waals surface area contributed by atoms with E-state index in [1.54, 1.807) is 12.4 Å². The average Bonchev–Trinajstić information content (AvgIpc) is 2.57. The summed E-state index contributed by atoms with van der Waals surface area (Å²) in [6, 6.07) is 0.578. The first-order valence-corrected chi connectivity index (χ1v) is 9.20. The van der Waals surface area contributed by atoms with Gasteiger partial charge in [-0.2, -0.15) is 0 Å². The fraction of sp³-hybridized carbons (Fsp3) is 0.667. The van der Waals surface area contributed by atoms with Gasteiger partial charge in [0.15, 0.2) is 5.11 Å². The molecule has 1 saturated heterocycles. The molecule has 1 aliphatic heterocycles. The molecule has 0 amide bonds. The summed E-state index contributed by atoms with van der Waals surface area (Å²) < 4.78 is 0.910. The number of piperazine rings is 1. The van der Waals surface area contributed by atoms with Gasteiger partial charge in [0, 0.05) is 44.6 Å². The lowest BCUT2D eigenvalue weighted by atomic mass is 9.96. The summed E-state index contributed by atoms with van der Waals surface area (Å²) in [6.45, 7) is 3.68. The Kier molecular flexibility index (Phi) is 5.46. The summed E-state index contributed by atoms with van der Waals surface area (Å²) >= 11 is 8.95. The molecule has 0 spiro atoms. The average molecular weight is 384 g/mol. The second-order valence-electron chi connectivity index (χ2n) is 5.96. The van der Waals surface area contributed by atoms with Gasteiger partial charge in [-0.15, -0.1) is 0 Å². The maximum atomic E-state index is 5.59. The van der Waals surface area contributed by atoms with E-state index in [0.29, 0.717) is 6.04 Å². The van der Waals surface area contributed by atoms with Crippen LogP contribution in [0.2, 0.25) is 0 Å². The van der Waals surface area contributed by atoms with E-state index in [4.69, 9.17) is 12.2 Å². The standard InChI is InChI=1S/C15H22BrN5S/c16-12-10-17-14(18-11-12)20-6-8-21(9-7-20)15(22)19-13-4-2-1-3-5-13/h10-11,13H,1-9H2,(H,19,22). The van der Waals surface area contributed by atoms with Crippen molar-refractivity contribution >= 4 is 39.2 Å². The third-order valence-electron chi connectivity index (χ3n) is 4.39. The lowest BCUT2D eigenvalue weighted by Gasteiger charge is -2.37. The van der Waals surface area contributed by atoms with Crippen LogP contribution >= 0.6 is 28.1 Å². The van der Waals surface area contributed by atoms with Crippen LogP contribution in [0.1, 0.15) is 32.1 Å². The molecule has 5 nitrogen and oxygen atoms in total. The Morgan fingerprint density at radius 1 is 1.09 bits per heavy atom. The van der Waals surface area contributed by atoms with Crippen molar-refractivity contribution in [1.29, 1.82) is 0 Å². The Morgan fingerprint density at radius 3 is 2.36 bits per heavy atom. The molecule has 1 N–H and O–H groups in total. The molecule has 1 aromatic rings. The summed E-state index contributed by atoms with van der Waals surface area (Å²) in [6.07, 6.45) is 10.1. The molecule has 2 fully saturated rings. The fourth-order valence-corrected chi connectivity index (χ4v) is 3.65. The van der Waals surface area contributed by atoms with Gasteiger partial charge in [-0.1, -0.05) is 19.3 Å². The number of halogens is 1. The van der Waals surface area contributed by atoms with Gasteiger partial charge in [0.25, 0.3) is 0 Å². The number of nitrogens with zero attached hydrogens (tertiary/aromatic N) is 4. The number of aromatic nitrogens is 2. The molecule has 3 rings (SSSR count). The first-order valence-electron chi connectivity index (χ1n) is 8.00. The Balaban J connectivity index is 1.48. The van der Waals surface area contributed by atoms with Crippen LogP contribution in [0.15, 0.2) is 16.9 Å². The van der Waals surface area contributed by atoms with E-state index >= 15 is 0 Å². The maximum Gasteiger partial charge on any atom is 0.225 e. The van der Waals surface area contributed by atoms with E-state index in [9.17, 15) is 0 Å². The Hall–Kier alpha value is -0.950. The molecule has 0 atom stereocenters. The second kappa shape index (κ2) is 7.55. The summed E-state index contributed by atoms with van der Waals surface area (Å²) in [5.41, 5.74) is 0. The van der Waals surface area contributed by atoms with Crippen molar-refractivity contribution < 1.29 is 0 Å². The van der Waals surface area contributed by atoms with Gasteiger partial charge in [0.05, 0.1) is 4.47 Å². The van der Waals surface area contributed by atoms with E-state index in [2.05, 4.69) is 41.0 Å². The zero-order valence-corrected chi connectivity index (χ0v) is 15.1. The number of anilines is 1. The van der Waals surface area contributed by atoms with Crippen molar-refractivity contribution in [2.75, 3.05) is 31.1 Å². The Labute approximate surface area is 145 Å². The number of hydrogen-bond donors (Lipinski definition) is 1. The van der Waals surface area contributed by atoms with Crippen molar-refractivity contribution in [3.63, 3.8) is 0 Å². The van der Waals surface area contributed by atoms with Crippen LogP contribution in [0.25, 0.3) is 0 Å². The smallest absolute Gasteiger partial charge is 0.225 e. The van der Waals surface area contributed by atoms with Crippen molar-refractivity contribution in [2.45, 2.75) is 38.1 Å². The highest BCUT2D eigenvalue weighted by atomic mass is 79.9. The SMILES string of the molecule is S=C(NC1CCCCC1)N1CCN(c2ncc(Br)cn2)CC1. The van der Waals surface area contributed by atoms with Crippen LogP contribution < -0.4 is 10.2 Å². The van der Waals surface area contributed by atoms with Gasteiger partial charge in [0.1, 0.15) is 0 Å². The molecular formula is C15H22BrN5S. The molecule has 1 aliphatic carbocycles. The molecule has 0 aromatic carbocycles. The monoisotopic (exact) mass is 383 g/mol. The minimum absolute atomic E-state index is 0.578. The predicted octanol–water partition coefficient (Wildman–Crippen LogP) is 2.57. The van der Waals surface area contributed by atoms with E-state index < -0.39 is 0 Å². The summed E-state index contributed by atoms with van der Waals surface area (Å²) in [7, 11) is 0. The maximum absolute atomic E-state index is 5.59. The summed E-state index contributed by atoms with van der Waals surface area (Å²) in [5, 5.41) is 4.47. The Bertz CT molecular complexity index is 495. The lowest BCUT2D eigenvalue weighted by Crippen LogP contribution is -2.53. The van der Waals surface area contributed by atoms with Gasteiger partial charge >= 0.3 is 0 Å². The molecule has 0 radical (unpaired) electrons. The number of nitrogens with one attached hydrogen (secondary N) is 1. The normalized spacial score (nSPS) is 20.0. The molecule has 0 bridgehead atoms. The molecule has 7 heteroatoms. The van der Waals surface area contributed by atoms with Gasteiger partial charge in [-0.25, -0.2) is 9.97 Å². The zero-order valence-electron chi connectivity index (χ0n) is 12.7. The third-order valence-corrected chi connectivity index (χ3v) is 5.17. The van der Waals surface area contributed by atoms with Gasteiger partial charge < -0.3 is 15.1 Å². The fourth-order valence-electron chi connectivity index (χ4n) is 3.09. The van der Waals surface area contributed by atoms with Gasteiger partial charge in [0.2, 0.25) is 5.95 Å². The van der Waals surface area contributed by atoms with Gasteiger partial charge in [-0.3, -0.25) is 0 Å². The molecule has 1 aromatic heterocycles. The van der Waals surface area contributed by atoms with E-state index in [1.165, 1.54) is 32.1 Å². The van der Waals surface area contributed by atoms with E-state index in [0.717, 1.165) is 41.7 Å². The Morgan fingerprint density at radius 2 is 1.73 bits per heavy atom. The van der Waals surface area contributed by atoms with Crippen LogP contribution in [0.4, 0.5) is 5.95 Å². The highest BCUT2D eigenvalue weighted by Gasteiger charge is 2.22. The largest absolute Gasteiger partial charge is 0.360 e. The number of hydrogen-bond acceptors (Lipinski definition) is 4. The van der Waals surface area contributed by atoms with E-state index in [-0.39, 0.29) is 0 Å². The van der Waals surface area contributed by atoms with Crippen LogP contribution in [-0.4, -0.2) is 52.2 Å².